The van der Waals surface area contributed by atoms with Crippen LogP contribution >= 0.6 is 0 Å². The third-order valence-corrected chi connectivity index (χ3v) is 3.60. The maximum absolute atomic E-state index is 5.48. The summed E-state index contributed by atoms with van der Waals surface area (Å²) in [6.45, 7) is 8.26. The highest BCUT2D eigenvalue weighted by Crippen LogP contribution is 2.16. The Morgan fingerprint density at radius 1 is 1.24 bits per heavy atom. The van der Waals surface area contributed by atoms with E-state index in [-0.39, 0.29) is 0 Å². The van der Waals surface area contributed by atoms with E-state index in [4.69, 9.17) is 10.6 Å². The number of hydrogen-bond donors (Lipinski definition) is 3. The fourth-order valence-electron chi connectivity index (χ4n) is 2.36. The first kappa shape index (κ1) is 15.7. The van der Waals surface area contributed by atoms with Gasteiger partial charge in [0.25, 0.3) is 0 Å². The SMILES string of the molecule is CCN(CC)c1nc(NN)nc(NCC2CCCOC2)n1. The van der Waals surface area contributed by atoms with E-state index in [1.54, 1.807) is 0 Å². The van der Waals surface area contributed by atoms with Crippen molar-refractivity contribution in [3.05, 3.63) is 0 Å². The lowest BCUT2D eigenvalue weighted by Crippen LogP contribution is -2.28. The number of ether oxygens (including phenoxy) is 1. The van der Waals surface area contributed by atoms with Crippen LogP contribution < -0.4 is 21.5 Å². The molecule has 0 amide bonds. The van der Waals surface area contributed by atoms with E-state index in [1.807, 2.05) is 0 Å². The normalized spacial score (nSPS) is 18.3. The van der Waals surface area contributed by atoms with Crippen molar-refractivity contribution in [3.63, 3.8) is 0 Å². The van der Waals surface area contributed by atoms with Gasteiger partial charge in [-0.2, -0.15) is 15.0 Å². The van der Waals surface area contributed by atoms with E-state index in [2.05, 4.69) is 44.4 Å². The minimum atomic E-state index is 0.370. The van der Waals surface area contributed by atoms with Crippen LogP contribution in [0.4, 0.5) is 17.8 Å². The van der Waals surface area contributed by atoms with Crippen LogP contribution in [0, 0.1) is 5.92 Å². The van der Waals surface area contributed by atoms with Crippen LogP contribution in [0.25, 0.3) is 0 Å². The highest BCUT2D eigenvalue weighted by atomic mass is 16.5. The third-order valence-electron chi connectivity index (χ3n) is 3.60. The predicted molar refractivity (Wildman–Crippen MR) is 83.2 cm³/mol. The van der Waals surface area contributed by atoms with Crippen molar-refractivity contribution in [1.29, 1.82) is 0 Å². The molecule has 0 aromatic carbocycles. The number of hydrazine groups is 1. The van der Waals surface area contributed by atoms with Crippen molar-refractivity contribution in [1.82, 2.24) is 15.0 Å². The second-order valence-electron chi connectivity index (χ2n) is 5.06. The van der Waals surface area contributed by atoms with Crippen molar-refractivity contribution in [2.24, 2.45) is 11.8 Å². The molecule has 118 valence electrons. The van der Waals surface area contributed by atoms with E-state index in [0.717, 1.165) is 39.3 Å². The van der Waals surface area contributed by atoms with Crippen molar-refractivity contribution in [2.45, 2.75) is 26.7 Å². The van der Waals surface area contributed by atoms with Gasteiger partial charge >= 0.3 is 0 Å². The Morgan fingerprint density at radius 3 is 2.62 bits per heavy atom. The Balaban J connectivity index is 2.04. The zero-order valence-electron chi connectivity index (χ0n) is 12.8. The summed E-state index contributed by atoms with van der Waals surface area (Å²) in [5.74, 6) is 7.49. The highest BCUT2D eigenvalue weighted by molar-refractivity contribution is 5.43. The predicted octanol–water partition coefficient (Wildman–Crippen LogP) is 0.842. The molecule has 1 aromatic rings. The van der Waals surface area contributed by atoms with Crippen molar-refractivity contribution >= 4 is 17.8 Å². The van der Waals surface area contributed by atoms with E-state index in [0.29, 0.717) is 23.8 Å². The lowest BCUT2D eigenvalue weighted by molar-refractivity contribution is 0.0594. The molecule has 1 saturated heterocycles. The lowest BCUT2D eigenvalue weighted by atomic mass is 10.0. The maximum atomic E-state index is 5.48. The van der Waals surface area contributed by atoms with Crippen LogP contribution in [0.5, 0.6) is 0 Å². The Bertz CT molecular complexity index is 433. The number of anilines is 3. The fraction of sp³-hybridized carbons (Fsp3) is 0.769. The van der Waals surface area contributed by atoms with Crippen LogP contribution in [-0.4, -0.2) is 47.8 Å². The Kier molecular flexibility index (Phi) is 5.94. The van der Waals surface area contributed by atoms with Gasteiger partial charge in [0, 0.05) is 26.2 Å². The van der Waals surface area contributed by atoms with Gasteiger partial charge in [-0.3, -0.25) is 5.43 Å². The largest absolute Gasteiger partial charge is 0.381 e. The van der Waals surface area contributed by atoms with Crippen molar-refractivity contribution in [3.8, 4) is 0 Å². The molecule has 8 heteroatoms. The quantitative estimate of drug-likeness (QED) is 0.502. The zero-order chi connectivity index (χ0) is 15.1. The maximum Gasteiger partial charge on any atom is 0.243 e. The Morgan fingerprint density at radius 2 is 2.00 bits per heavy atom. The summed E-state index contributed by atoms with van der Waals surface area (Å²) in [6, 6.07) is 0. The van der Waals surface area contributed by atoms with Crippen molar-refractivity contribution < 1.29 is 4.74 Å². The molecule has 1 aromatic heterocycles. The summed E-state index contributed by atoms with van der Waals surface area (Å²) in [6.07, 6.45) is 2.28. The Hall–Kier alpha value is -1.67. The molecule has 0 radical (unpaired) electrons. The lowest BCUT2D eigenvalue weighted by Gasteiger charge is -2.23. The molecule has 4 N–H and O–H groups in total. The second-order valence-corrected chi connectivity index (χ2v) is 5.06. The minimum absolute atomic E-state index is 0.370. The average molecular weight is 295 g/mol. The van der Waals surface area contributed by atoms with Gasteiger partial charge in [0.1, 0.15) is 0 Å². The number of hydrogen-bond acceptors (Lipinski definition) is 8. The second kappa shape index (κ2) is 7.94. The number of nitrogens with zero attached hydrogens (tertiary/aromatic N) is 4. The number of aromatic nitrogens is 3. The summed E-state index contributed by atoms with van der Waals surface area (Å²) in [7, 11) is 0. The molecule has 1 unspecified atom stereocenters. The van der Waals surface area contributed by atoms with Gasteiger partial charge in [0.05, 0.1) is 6.61 Å². The number of nitrogens with one attached hydrogen (secondary N) is 2. The molecule has 1 aliphatic heterocycles. The minimum Gasteiger partial charge on any atom is -0.381 e. The molecule has 0 bridgehead atoms. The van der Waals surface area contributed by atoms with Gasteiger partial charge < -0.3 is 15.0 Å². The molecule has 0 aliphatic carbocycles. The molecule has 0 spiro atoms. The third kappa shape index (κ3) is 4.40. The molecule has 21 heavy (non-hydrogen) atoms. The summed E-state index contributed by atoms with van der Waals surface area (Å²) < 4.78 is 5.48. The van der Waals surface area contributed by atoms with Gasteiger partial charge in [-0.25, -0.2) is 5.84 Å². The van der Waals surface area contributed by atoms with Crippen LogP contribution in [0.15, 0.2) is 0 Å². The first-order chi connectivity index (χ1) is 10.3. The zero-order valence-corrected chi connectivity index (χ0v) is 12.8. The molecular weight excluding hydrogens is 270 g/mol. The number of nitrogen functional groups attached to an aromatic ring is 1. The van der Waals surface area contributed by atoms with Crippen molar-refractivity contribution in [2.75, 3.05) is 48.5 Å². The topological polar surface area (TPSA) is 101 Å². The summed E-state index contributed by atoms with van der Waals surface area (Å²) in [5.41, 5.74) is 2.50. The fourth-order valence-corrected chi connectivity index (χ4v) is 2.36. The van der Waals surface area contributed by atoms with E-state index in [9.17, 15) is 0 Å². The van der Waals surface area contributed by atoms with E-state index >= 15 is 0 Å². The summed E-state index contributed by atoms with van der Waals surface area (Å²) in [5, 5.41) is 3.27. The molecule has 2 heterocycles. The van der Waals surface area contributed by atoms with Gasteiger partial charge in [-0.1, -0.05) is 0 Å². The van der Waals surface area contributed by atoms with E-state index < -0.39 is 0 Å². The molecule has 0 saturated carbocycles. The Labute approximate surface area is 125 Å². The molecule has 8 nitrogen and oxygen atoms in total. The van der Waals surface area contributed by atoms with Gasteiger partial charge in [0.2, 0.25) is 17.8 Å². The van der Waals surface area contributed by atoms with Crippen LogP contribution in [0.3, 0.4) is 0 Å². The number of nitrogens with two attached hydrogens (primary N) is 1. The first-order valence-electron chi connectivity index (χ1n) is 7.56. The van der Waals surface area contributed by atoms with E-state index in [1.165, 1.54) is 6.42 Å². The van der Waals surface area contributed by atoms with Crippen LogP contribution in [0.2, 0.25) is 0 Å². The average Bonchev–Trinajstić information content (AvgIpc) is 2.55. The molecule has 1 fully saturated rings. The summed E-state index contributed by atoms with van der Waals surface area (Å²) >= 11 is 0. The molecule has 1 atom stereocenters. The van der Waals surface area contributed by atoms with Gasteiger partial charge in [-0.15, -0.1) is 0 Å². The highest BCUT2D eigenvalue weighted by Gasteiger charge is 2.15. The van der Waals surface area contributed by atoms with Gasteiger partial charge in [0.15, 0.2) is 0 Å². The monoisotopic (exact) mass is 295 g/mol. The first-order valence-corrected chi connectivity index (χ1v) is 7.56. The molecule has 1 aliphatic rings. The standard InChI is InChI=1S/C13H25N7O/c1-3-20(4-2)13-17-11(16-12(18-13)19-14)15-8-10-6-5-7-21-9-10/h10H,3-9,14H2,1-2H3,(H2,15,16,17,18,19). The van der Waals surface area contributed by atoms with Crippen LogP contribution in [-0.2, 0) is 4.74 Å². The number of rotatable bonds is 7. The molecule has 2 rings (SSSR count). The molecular formula is C13H25N7O. The van der Waals surface area contributed by atoms with Crippen LogP contribution in [0.1, 0.15) is 26.7 Å². The smallest absolute Gasteiger partial charge is 0.243 e. The van der Waals surface area contributed by atoms with Gasteiger partial charge in [-0.05, 0) is 32.6 Å². The summed E-state index contributed by atoms with van der Waals surface area (Å²) in [4.78, 5) is 15.1.